The van der Waals surface area contributed by atoms with Crippen LogP contribution < -0.4 is 10.6 Å². The molecule has 0 heterocycles. The zero-order chi connectivity index (χ0) is 32.5. The molecule has 4 unspecified atom stereocenters. The van der Waals surface area contributed by atoms with E-state index < -0.39 is 24.0 Å². The quantitative estimate of drug-likeness (QED) is 0.0670. The van der Waals surface area contributed by atoms with Gasteiger partial charge < -0.3 is 25.2 Å². The molecule has 0 aromatic rings. The number of ether oxygens (including phenoxy) is 2. The van der Waals surface area contributed by atoms with E-state index in [9.17, 15) is 28.8 Å². The lowest BCUT2D eigenvalue weighted by Gasteiger charge is -2.14. The van der Waals surface area contributed by atoms with Crippen LogP contribution in [0.2, 0.25) is 0 Å². The minimum absolute atomic E-state index is 0. The molecule has 0 aromatic carbocycles. The molecule has 44 heavy (non-hydrogen) atoms. The van der Waals surface area contributed by atoms with Crippen molar-refractivity contribution in [2.45, 2.75) is 79.8 Å². The fraction of sp³-hybridized carbons (Fsp3) is 0.769. The largest absolute Gasteiger partial charge is 0.481 e. The van der Waals surface area contributed by atoms with Gasteiger partial charge in [0.2, 0.25) is 11.8 Å². The van der Waals surface area contributed by atoms with Crippen molar-refractivity contribution < 1.29 is 43.3 Å². The number of carboxylic acids is 1. The van der Waals surface area contributed by atoms with E-state index in [2.05, 4.69) is 30.7 Å². The minimum atomic E-state index is -1.05. The maximum atomic E-state index is 11.8. The number of carbonyl (C=O) groups is 6. The summed E-state index contributed by atoms with van der Waals surface area (Å²) in [5.74, 6) is -3.36. The summed E-state index contributed by atoms with van der Waals surface area (Å²) in [6, 6.07) is -1.36. The van der Waals surface area contributed by atoms with Crippen molar-refractivity contribution in [1.29, 1.82) is 0 Å². The van der Waals surface area contributed by atoms with Gasteiger partial charge in [0.15, 0.2) is 11.6 Å². The summed E-state index contributed by atoms with van der Waals surface area (Å²) in [7, 11) is 0. The lowest BCUT2D eigenvalue weighted by molar-refractivity contribution is -0.143. The van der Waals surface area contributed by atoms with Gasteiger partial charge in [-0.25, -0.2) is 0 Å². The first-order chi connectivity index (χ1) is 19.8. The fourth-order valence-corrected chi connectivity index (χ4v) is 2.81. The molecule has 0 aliphatic heterocycles. The van der Waals surface area contributed by atoms with Gasteiger partial charge in [0.1, 0.15) is 5.78 Å². The average molecular weight is 651 g/mol. The number of amides is 2. The van der Waals surface area contributed by atoms with E-state index in [0.29, 0.717) is 0 Å². The van der Waals surface area contributed by atoms with Gasteiger partial charge in [-0.15, -0.1) is 12.4 Å². The lowest BCUT2D eigenvalue weighted by atomic mass is 9.98. The Morgan fingerprint density at radius 3 is 1.41 bits per heavy atom. The normalized spacial score (nSPS) is 12.3. The van der Waals surface area contributed by atoms with Crippen molar-refractivity contribution in [2.75, 3.05) is 39.5 Å². The molecular weight excluding hydrogens is 604 g/mol. The molecule has 3 N–H and O–H groups in total. The number of hydrogen-bond donors (Lipinski definition) is 3. The van der Waals surface area contributed by atoms with Gasteiger partial charge in [-0.1, -0.05) is 31.5 Å². The molecule has 18 heteroatoms. The summed E-state index contributed by atoms with van der Waals surface area (Å²) in [6.07, 6.45) is 0.192. The van der Waals surface area contributed by atoms with E-state index in [0.717, 1.165) is 0 Å². The maximum absolute atomic E-state index is 11.8. The monoisotopic (exact) mass is 650 g/mol. The number of ketones is 3. The molecule has 0 saturated heterocycles. The van der Waals surface area contributed by atoms with Crippen LogP contribution in [0.3, 0.4) is 0 Å². The highest BCUT2D eigenvalue weighted by Crippen LogP contribution is 2.06. The van der Waals surface area contributed by atoms with Crippen molar-refractivity contribution in [2.24, 2.45) is 22.1 Å². The highest BCUT2D eigenvalue weighted by Gasteiger charge is 2.22. The van der Waals surface area contributed by atoms with Gasteiger partial charge in [-0.3, -0.25) is 28.8 Å². The second kappa shape index (κ2) is 29.3. The van der Waals surface area contributed by atoms with Crippen LogP contribution in [0.4, 0.5) is 0 Å². The number of rotatable bonds is 22. The third-order valence-corrected chi connectivity index (χ3v) is 5.60. The van der Waals surface area contributed by atoms with Gasteiger partial charge in [-0.05, 0) is 31.8 Å². The van der Waals surface area contributed by atoms with Crippen LogP contribution in [-0.2, 0) is 38.2 Å². The van der Waals surface area contributed by atoms with Crippen LogP contribution >= 0.6 is 12.4 Å². The molecule has 0 saturated carbocycles. The zero-order valence-corrected chi connectivity index (χ0v) is 26.0. The molecule has 252 valence electrons. The molecule has 0 bridgehead atoms. The number of carbonyl (C=O) groups excluding carboxylic acids is 5. The smallest absolute Gasteiger partial charge is 0.306 e. The maximum Gasteiger partial charge on any atom is 0.306 e. The van der Waals surface area contributed by atoms with Crippen molar-refractivity contribution in [1.82, 2.24) is 10.6 Å². The molecular formula is C26H47ClN8O9. The van der Waals surface area contributed by atoms with E-state index >= 15 is 0 Å². The van der Waals surface area contributed by atoms with Gasteiger partial charge in [-0.2, -0.15) is 0 Å². The number of aliphatic carboxylic acids is 1. The van der Waals surface area contributed by atoms with E-state index in [1.165, 1.54) is 20.8 Å². The fourth-order valence-electron chi connectivity index (χ4n) is 2.81. The Hall–Kier alpha value is -3.75. The second-order valence-electron chi connectivity index (χ2n) is 9.30. The molecule has 17 nitrogen and oxygen atoms in total. The number of azide groups is 2. The Kier molecular flexibility index (Phi) is 31.5. The molecule has 0 aromatic heterocycles. The topological polar surface area (TPSA) is 263 Å². The van der Waals surface area contributed by atoms with Gasteiger partial charge >= 0.3 is 5.97 Å². The number of halogens is 1. The Labute approximate surface area is 263 Å². The van der Waals surface area contributed by atoms with Gasteiger partial charge in [0.25, 0.3) is 0 Å². The first-order valence-corrected chi connectivity index (χ1v) is 13.3. The number of nitrogens with one attached hydrogen (secondary N) is 2. The first-order valence-electron chi connectivity index (χ1n) is 13.3. The van der Waals surface area contributed by atoms with Crippen LogP contribution in [0.5, 0.6) is 0 Å². The van der Waals surface area contributed by atoms with Crippen LogP contribution in [0.25, 0.3) is 20.9 Å². The Balaban J connectivity index is -0.000000348. The summed E-state index contributed by atoms with van der Waals surface area (Å²) in [6.45, 7) is 8.90. The van der Waals surface area contributed by atoms with Crippen LogP contribution in [0, 0.1) is 11.8 Å². The highest BCUT2D eigenvalue weighted by molar-refractivity contribution is 5.92. The van der Waals surface area contributed by atoms with Crippen molar-refractivity contribution in [3.63, 3.8) is 0 Å². The SMILES string of the molecule is C.CC(=O)C(C)CC(=O)C(C)NC(=O)CCOCCN=[N+]=[N-].CC(CC(=O)C(C)NC(=O)CCOCCN=[N+]=[N-])C(=O)O.Cl. The molecule has 0 radical (unpaired) electrons. The third kappa shape index (κ3) is 27.1. The average Bonchev–Trinajstić information content (AvgIpc) is 2.92. The molecule has 0 rings (SSSR count). The van der Waals surface area contributed by atoms with E-state index in [1.54, 1.807) is 13.8 Å². The Morgan fingerprint density at radius 1 is 0.727 bits per heavy atom. The van der Waals surface area contributed by atoms with Crippen molar-refractivity contribution >= 4 is 47.5 Å². The zero-order valence-electron chi connectivity index (χ0n) is 25.2. The predicted molar refractivity (Wildman–Crippen MR) is 164 cm³/mol. The predicted octanol–water partition coefficient (Wildman–Crippen LogP) is 3.34. The first kappa shape index (κ1) is 47.2. The van der Waals surface area contributed by atoms with Gasteiger partial charge in [0, 0.05) is 54.5 Å². The highest BCUT2D eigenvalue weighted by atomic mass is 35.5. The standard InChI is InChI=1S/C13H22N4O4.C12H20N4O5.CH4.ClH/c1-9(11(3)18)8-12(19)10(2)16-13(20)4-6-21-7-5-15-17-14;1-8(12(19)20)7-10(17)9(2)15-11(18)3-5-21-6-4-14-16-13;;/h9-10H,4-8H2,1-3H3,(H,16,20);8-9H,3-7H2,1-2H3,(H,15,18)(H,19,20);1H4;1H. The molecule has 4 atom stereocenters. The molecule has 0 fully saturated rings. The summed E-state index contributed by atoms with van der Waals surface area (Å²) in [5.41, 5.74) is 16.1. The van der Waals surface area contributed by atoms with E-state index in [1.807, 2.05) is 0 Å². The second-order valence-corrected chi connectivity index (χ2v) is 9.30. The number of hydrogen-bond acceptors (Lipinski definition) is 10. The number of Topliss-reactive ketones (excluding diaryl/α,β-unsaturated/α-hetero) is 3. The van der Waals surface area contributed by atoms with Crippen LogP contribution in [0.1, 0.15) is 67.7 Å². The van der Waals surface area contributed by atoms with Crippen molar-refractivity contribution in [3.8, 4) is 0 Å². The molecule has 2 amide bonds. The number of nitrogens with zero attached hydrogens (tertiary/aromatic N) is 6. The van der Waals surface area contributed by atoms with E-state index in [-0.39, 0.29) is 120 Å². The van der Waals surface area contributed by atoms with Crippen LogP contribution in [-0.4, -0.2) is 91.8 Å². The van der Waals surface area contributed by atoms with Crippen LogP contribution in [0.15, 0.2) is 10.2 Å². The number of carboxylic acid groups (broad SMARTS) is 1. The Morgan fingerprint density at radius 2 is 1.09 bits per heavy atom. The summed E-state index contributed by atoms with van der Waals surface area (Å²) in [4.78, 5) is 73.4. The molecule has 0 spiro atoms. The van der Waals surface area contributed by atoms with E-state index in [4.69, 9.17) is 25.6 Å². The summed E-state index contributed by atoms with van der Waals surface area (Å²) < 4.78 is 10.1. The minimum Gasteiger partial charge on any atom is -0.481 e. The van der Waals surface area contributed by atoms with Crippen molar-refractivity contribution in [3.05, 3.63) is 20.9 Å². The Bertz CT molecular complexity index is 924. The summed E-state index contributed by atoms with van der Waals surface area (Å²) in [5, 5.41) is 20.3. The molecule has 0 aliphatic rings. The molecule has 0 aliphatic carbocycles. The lowest BCUT2D eigenvalue weighted by Crippen LogP contribution is -2.39. The third-order valence-electron chi connectivity index (χ3n) is 5.60. The van der Waals surface area contributed by atoms with Gasteiger partial charge in [0.05, 0.1) is 44.4 Å². The summed E-state index contributed by atoms with van der Waals surface area (Å²) >= 11 is 0.